The number of nitrogens with one attached hydrogen (secondary N) is 1. The molecule has 1 aliphatic heterocycles. The smallest absolute Gasteiger partial charge is 0.371 e. The predicted molar refractivity (Wildman–Crippen MR) is 79.4 cm³/mol. The van der Waals surface area contributed by atoms with Crippen LogP contribution in [0.4, 0.5) is 18.9 Å². The van der Waals surface area contributed by atoms with Crippen molar-refractivity contribution in [1.82, 2.24) is 5.32 Å². The lowest BCUT2D eigenvalue weighted by molar-refractivity contribution is -0.138. The largest absolute Gasteiger partial charge is 0.416 e. The van der Waals surface area contributed by atoms with Gasteiger partial charge in [-0.1, -0.05) is 19.9 Å². The molecular formula is C16H23F3N2. The zero-order valence-electron chi connectivity index (χ0n) is 12.6. The molecule has 0 bridgehead atoms. The number of halogens is 3. The fraction of sp³-hybridized carbons (Fsp3) is 0.625. The van der Waals surface area contributed by atoms with Gasteiger partial charge in [0.2, 0.25) is 0 Å². The van der Waals surface area contributed by atoms with Gasteiger partial charge in [0.1, 0.15) is 0 Å². The van der Waals surface area contributed by atoms with E-state index in [0.29, 0.717) is 17.2 Å². The van der Waals surface area contributed by atoms with Gasteiger partial charge in [0.15, 0.2) is 0 Å². The molecule has 5 heteroatoms. The number of alkyl halides is 3. The molecule has 0 spiro atoms. The Kier molecular flexibility index (Phi) is 5.14. The van der Waals surface area contributed by atoms with Gasteiger partial charge in [0, 0.05) is 25.3 Å². The normalized spacial score (nSPS) is 19.3. The molecule has 1 unspecified atom stereocenters. The summed E-state index contributed by atoms with van der Waals surface area (Å²) in [6.45, 7) is 6.79. The van der Waals surface area contributed by atoms with Crippen LogP contribution < -0.4 is 10.2 Å². The third-order valence-corrected chi connectivity index (χ3v) is 3.93. The van der Waals surface area contributed by atoms with Crippen molar-refractivity contribution >= 4 is 5.69 Å². The van der Waals surface area contributed by atoms with Crippen LogP contribution in [0.5, 0.6) is 0 Å². The molecule has 0 aliphatic carbocycles. The summed E-state index contributed by atoms with van der Waals surface area (Å²) in [6, 6.07) is 4.74. The molecule has 1 aliphatic rings. The monoisotopic (exact) mass is 300 g/mol. The maximum atomic E-state index is 13.3. The van der Waals surface area contributed by atoms with Crippen molar-refractivity contribution < 1.29 is 13.2 Å². The van der Waals surface area contributed by atoms with Gasteiger partial charge < -0.3 is 10.2 Å². The molecule has 2 nitrogen and oxygen atoms in total. The van der Waals surface area contributed by atoms with Crippen molar-refractivity contribution in [3.8, 4) is 0 Å². The van der Waals surface area contributed by atoms with Gasteiger partial charge in [-0.3, -0.25) is 0 Å². The second-order valence-corrected chi connectivity index (χ2v) is 5.86. The molecule has 1 heterocycles. The minimum absolute atomic E-state index is 0.263. The van der Waals surface area contributed by atoms with Gasteiger partial charge in [0.05, 0.1) is 5.56 Å². The molecule has 0 amide bonds. The molecule has 2 rings (SSSR count). The minimum atomic E-state index is -4.30. The SMILES string of the molecule is CCCNCc1ccc(N2CCC(C)C2)cc1C(F)(F)F. The van der Waals surface area contributed by atoms with Gasteiger partial charge in [0.25, 0.3) is 0 Å². The average molecular weight is 300 g/mol. The molecule has 1 aromatic rings. The zero-order chi connectivity index (χ0) is 15.5. The van der Waals surface area contributed by atoms with Gasteiger partial charge in [-0.25, -0.2) is 0 Å². The lowest BCUT2D eigenvalue weighted by atomic mass is 10.1. The zero-order valence-corrected chi connectivity index (χ0v) is 12.6. The van der Waals surface area contributed by atoms with Crippen LogP contribution in [-0.2, 0) is 12.7 Å². The Morgan fingerprint density at radius 3 is 2.67 bits per heavy atom. The third kappa shape index (κ3) is 4.13. The molecule has 0 saturated carbocycles. The Hall–Kier alpha value is -1.23. The molecule has 1 atom stereocenters. The van der Waals surface area contributed by atoms with Gasteiger partial charge in [-0.2, -0.15) is 13.2 Å². The fourth-order valence-electron chi connectivity index (χ4n) is 2.75. The first kappa shape index (κ1) is 16.1. The molecule has 1 aromatic carbocycles. The Morgan fingerprint density at radius 1 is 1.33 bits per heavy atom. The summed E-state index contributed by atoms with van der Waals surface area (Å²) in [7, 11) is 0. The van der Waals surface area contributed by atoms with Crippen LogP contribution in [0.1, 0.15) is 37.8 Å². The van der Waals surface area contributed by atoms with Gasteiger partial charge in [-0.15, -0.1) is 0 Å². The highest BCUT2D eigenvalue weighted by atomic mass is 19.4. The lowest BCUT2D eigenvalue weighted by Gasteiger charge is -2.21. The summed E-state index contributed by atoms with van der Waals surface area (Å²) >= 11 is 0. The summed E-state index contributed by atoms with van der Waals surface area (Å²) < 4.78 is 39.8. The third-order valence-electron chi connectivity index (χ3n) is 3.93. The first-order valence-corrected chi connectivity index (χ1v) is 7.57. The molecule has 21 heavy (non-hydrogen) atoms. The molecule has 1 fully saturated rings. The van der Waals surface area contributed by atoms with Gasteiger partial charge in [-0.05, 0) is 43.0 Å². The molecule has 1 N–H and O–H groups in total. The lowest BCUT2D eigenvalue weighted by Crippen LogP contribution is -2.22. The highest BCUT2D eigenvalue weighted by Crippen LogP contribution is 2.35. The van der Waals surface area contributed by atoms with Crippen molar-refractivity contribution in [3.63, 3.8) is 0 Å². The predicted octanol–water partition coefficient (Wildman–Crippen LogP) is 4.05. The summed E-state index contributed by atoms with van der Waals surface area (Å²) in [4.78, 5) is 2.04. The number of rotatable bonds is 5. The van der Waals surface area contributed by atoms with Crippen LogP contribution in [0.2, 0.25) is 0 Å². The van der Waals surface area contributed by atoms with E-state index in [9.17, 15) is 13.2 Å². The van der Waals surface area contributed by atoms with E-state index in [4.69, 9.17) is 0 Å². The Morgan fingerprint density at radius 2 is 2.10 bits per heavy atom. The maximum Gasteiger partial charge on any atom is 0.416 e. The summed E-state index contributed by atoms with van der Waals surface area (Å²) in [5.74, 6) is 0.547. The fourth-order valence-corrected chi connectivity index (χ4v) is 2.75. The number of hydrogen-bond acceptors (Lipinski definition) is 2. The topological polar surface area (TPSA) is 15.3 Å². The van der Waals surface area contributed by atoms with Crippen molar-refractivity contribution in [2.45, 2.75) is 39.4 Å². The van der Waals surface area contributed by atoms with Crippen LogP contribution in [0.25, 0.3) is 0 Å². The number of hydrogen-bond donors (Lipinski definition) is 1. The van der Waals surface area contributed by atoms with E-state index in [1.165, 1.54) is 6.07 Å². The van der Waals surface area contributed by atoms with E-state index in [2.05, 4.69) is 12.2 Å². The molecule has 1 saturated heterocycles. The summed E-state index contributed by atoms with van der Waals surface area (Å²) in [6.07, 6.45) is -2.35. The van der Waals surface area contributed by atoms with Gasteiger partial charge >= 0.3 is 6.18 Å². The van der Waals surface area contributed by atoms with Crippen molar-refractivity contribution in [3.05, 3.63) is 29.3 Å². The van der Waals surface area contributed by atoms with Crippen LogP contribution in [0.15, 0.2) is 18.2 Å². The van der Waals surface area contributed by atoms with Crippen molar-refractivity contribution in [1.29, 1.82) is 0 Å². The quantitative estimate of drug-likeness (QED) is 0.825. The standard InChI is InChI=1S/C16H23F3N2/c1-3-7-20-10-13-4-5-14(9-15(13)16(17,18)19)21-8-6-12(2)11-21/h4-5,9,12,20H,3,6-8,10-11H2,1-2H3. The summed E-state index contributed by atoms with van der Waals surface area (Å²) in [5.41, 5.74) is 0.501. The maximum absolute atomic E-state index is 13.3. The van der Waals surface area contributed by atoms with E-state index in [1.807, 2.05) is 17.9 Å². The Balaban J connectivity index is 2.22. The Labute approximate surface area is 124 Å². The highest BCUT2D eigenvalue weighted by Gasteiger charge is 2.34. The molecule has 0 radical (unpaired) electrons. The first-order chi connectivity index (χ1) is 9.91. The van der Waals surface area contributed by atoms with Crippen LogP contribution in [0, 0.1) is 5.92 Å². The number of benzene rings is 1. The van der Waals surface area contributed by atoms with Crippen LogP contribution in [-0.4, -0.2) is 19.6 Å². The average Bonchev–Trinajstić information content (AvgIpc) is 2.85. The van der Waals surface area contributed by atoms with E-state index in [-0.39, 0.29) is 6.54 Å². The van der Waals surface area contributed by atoms with Crippen molar-refractivity contribution in [2.24, 2.45) is 5.92 Å². The minimum Gasteiger partial charge on any atom is -0.371 e. The Bertz CT molecular complexity index is 471. The van der Waals surface area contributed by atoms with E-state index >= 15 is 0 Å². The van der Waals surface area contributed by atoms with E-state index in [0.717, 1.165) is 32.5 Å². The molecular weight excluding hydrogens is 277 g/mol. The molecule has 118 valence electrons. The number of nitrogens with zero attached hydrogens (tertiary/aromatic N) is 1. The van der Waals surface area contributed by atoms with Crippen LogP contribution >= 0.6 is 0 Å². The second kappa shape index (κ2) is 6.69. The van der Waals surface area contributed by atoms with Crippen LogP contribution in [0.3, 0.4) is 0 Å². The van der Waals surface area contributed by atoms with Crippen molar-refractivity contribution in [2.75, 3.05) is 24.5 Å². The second-order valence-electron chi connectivity index (χ2n) is 5.86. The summed E-state index contributed by atoms with van der Waals surface area (Å²) in [5, 5.41) is 3.05. The highest BCUT2D eigenvalue weighted by molar-refractivity contribution is 5.52. The van der Waals surface area contributed by atoms with E-state index < -0.39 is 11.7 Å². The molecule has 0 aromatic heterocycles. The first-order valence-electron chi connectivity index (χ1n) is 7.57. The van der Waals surface area contributed by atoms with E-state index in [1.54, 1.807) is 6.07 Å². The number of anilines is 1.